The summed E-state index contributed by atoms with van der Waals surface area (Å²) in [6, 6.07) is 3.13. The lowest BCUT2D eigenvalue weighted by Gasteiger charge is -2.09. The van der Waals surface area contributed by atoms with Crippen molar-refractivity contribution < 1.29 is 8.78 Å². The second-order valence-electron chi connectivity index (χ2n) is 3.37. The highest BCUT2D eigenvalue weighted by Gasteiger charge is 2.11. The Morgan fingerprint density at radius 3 is 2.23 bits per heavy atom. The lowest BCUT2D eigenvalue weighted by Crippen LogP contribution is -1.99. The van der Waals surface area contributed by atoms with Gasteiger partial charge in [-0.3, -0.25) is 4.98 Å². The maximum absolute atomic E-state index is 12.2. The van der Waals surface area contributed by atoms with Gasteiger partial charge in [0, 0.05) is 5.69 Å². The standard InChI is InChI=1S/C10H13F2N/c1-6(2)8-4-5-9(10(11)12)13-7(8)3/h4-6,10H,1-3H3. The minimum atomic E-state index is -2.47. The number of pyridine rings is 1. The van der Waals surface area contributed by atoms with Crippen molar-refractivity contribution in [2.24, 2.45) is 0 Å². The first kappa shape index (κ1) is 10.1. The van der Waals surface area contributed by atoms with Gasteiger partial charge in [0.2, 0.25) is 0 Å². The monoisotopic (exact) mass is 185 g/mol. The van der Waals surface area contributed by atoms with E-state index in [1.54, 1.807) is 13.0 Å². The van der Waals surface area contributed by atoms with Crippen LogP contribution in [0.2, 0.25) is 0 Å². The van der Waals surface area contributed by atoms with E-state index < -0.39 is 6.43 Å². The molecule has 0 saturated carbocycles. The predicted molar refractivity (Wildman–Crippen MR) is 48.0 cm³/mol. The molecule has 0 radical (unpaired) electrons. The van der Waals surface area contributed by atoms with Gasteiger partial charge < -0.3 is 0 Å². The number of aromatic nitrogens is 1. The number of alkyl halides is 2. The highest BCUT2D eigenvalue weighted by Crippen LogP contribution is 2.22. The van der Waals surface area contributed by atoms with Crippen LogP contribution < -0.4 is 0 Å². The minimum Gasteiger partial charge on any atom is -0.252 e. The molecule has 1 aromatic heterocycles. The Morgan fingerprint density at radius 2 is 1.85 bits per heavy atom. The average Bonchev–Trinajstić information content (AvgIpc) is 2.03. The maximum Gasteiger partial charge on any atom is 0.280 e. The zero-order chi connectivity index (χ0) is 10.0. The zero-order valence-corrected chi connectivity index (χ0v) is 8.01. The van der Waals surface area contributed by atoms with Crippen LogP contribution in [0, 0.1) is 6.92 Å². The van der Waals surface area contributed by atoms with E-state index in [0.717, 1.165) is 5.56 Å². The topological polar surface area (TPSA) is 12.9 Å². The summed E-state index contributed by atoms with van der Waals surface area (Å²) in [6.07, 6.45) is -2.47. The van der Waals surface area contributed by atoms with Crippen LogP contribution in [-0.2, 0) is 0 Å². The molecule has 0 spiro atoms. The van der Waals surface area contributed by atoms with Gasteiger partial charge in [0.15, 0.2) is 0 Å². The maximum atomic E-state index is 12.2. The molecule has 13 heavy (non-hydrogen) atoms. The van der Waals surface area contributed by atoms with Gasteiger partial charge in [-0.1, -0.05) is 19.9 Å². The normalized spacial score (nSPS) is 11.3. The summed E-state index contributed by atoms with van der Waals surface area (Å²) in [5.41, 5.74) is 1.60. The van der Waals surface area contributed by atoms with E-state index in [2.05, 4.69) is 4.98 Å². The average molecular weight is 185 g/mol. The van der Waals surface area contributed by atoms with E-state index in [0.29, 0.717) is 11.6 Å². The Bertz CT molecular complexity index is 295. The second kappa shape index (κ2) is 3.81. The molecular formula is C10H13F2N. The van der Waals surface area contributed by atoms with Crippen molar-refractivity contribution >= 4 is 0 Å². The molecule has 1 nitrogen and oxygen atoms in total. The fraction of sp³-hybridized carbons (Fsp3) is 0.500. The van der Waals surface area contributed by atoms with Crippen molar-refractivity contribution in [3.63, 3.8) is 0 Å². The van der Waals surface area contributed by atoms with E-state index in [4.69, 9.17) is 0 Å². The molecule has 1 rings (SSSR count). The number of nitrogens with zero attached hydrogens (tertiary/aromatic N) is 1. The molecule has 0 aromatic carbocycles. The number of hydrogen-bond donors (Lipinski definition) is 0. The molecule has 0 amide bonds. The van der Waals surface area contributed by atoms with Crippen molar-refractivity contribution in [2.75, 3.05) is 0 Å². The van der Waals surface area contributed by atoms with Gasteiger partial charge in [0.1, 0.15) is 5.69 Å². The Morgan fingerprint density at radius 1 is 1.23 bits per heavy atom. The second-order valence-corrected chi connectivity index (χ2v) is 3.37. The van der Waals surface area contributed by atoms with Crippen LogP contribution in [-0.4, -0.2) is 4.98 Å². The van der Waals surface area contributed by atoms with Gasteiger partial charge in [0.05, 0.1) is 0 Å². The van der Waals surface area contributed by atoms with Crippen LogP contribution >= 0.6 is 0 Å². The highest BCUT2D eigenvalue weighted by atomic mass is 19.3. The molecule has 1 aromatic rings. The van der Waals surface area contributed by atoms with Crippen molar-refractivity contribution in [2.45, 2.75) is 33.1 Å². The van der Waals surface area contributed by atoms with Gasteiger partial charge in [-0.15, -0.1) is 0 Å². The Kier molecular flexibility index (Phi) is 2.96. The Balaban J connectivity index is 3.06. The number of rotatable bonds is 2. The molecule has 0 aliphatic carbocycles. The SMILES string of the molecule is Cc1nc(C(F)F)ccc1C(C)C. The van der Waals surface area contributed by atoms with Crippen LogP contribution in [0.4, 0.5) is 8.78 Å². The first-order chi connectivity index (χ1) is 6.02. The van der Waals surface area contributed by atoms with Crippen LogP contribution in [0.15, 0.2) is 12.1 Å². The third-order valence-electron chi connectivity index (χ3n) is 1.99. The highest BCUT2D eigenvalue weighted by molar-refractivity contribution is 5.25. The molecule has 3 heteroatoms. The summed E-state index contributed by atoms with van der Waals surface area (Å²) < 4.78 is 24.4. The molecule has 0 bridgehead atoms. The Hall–Kier alpha value is -0.990. The molecule has 0 N–H and O–H groups in total. The first-order valence-electron chi connectivity index (χ1n) is 4.28. The van der Waals surface area contributed by atoms with Crippen molar-refractivity contribution in [3.05, 3.63) is 29.1 Å². The molecule has 0 aliphatic rings. The largest absolute Gasteiger partial charge is 0.280 e. The molecule has 0 unspecified atom stereocenters. The smallest absolute Gasteiger partial charge is 0.252 e. The molecule has 0 aliphatic heterocycles. The third kappa shape index (κ3) is 2.23. The lowest BCUT2D eigenvalue weighted by atomic mass is 10.0. The number of hydrogen-bond acceptors (Lipinski definition) is 1. The Labute approximate surface area is 76.8 Å². The molecule has 72 valence electrons. The lowest BCUT2D eigenvalue weighted by molar-refractivity contribution is 0.146. The van der Waals surface area contributed by atoms with Gasteiger partial charge in [0.25, 0.3) is 6.43 Å². The van der Waals surface area contributed by atoms with Crippen LogP contribution in [0.25, 0.3) is 0 Å². The van der Waals surface area contributed by atoms with Crippen LogP contribution in [0.3, 0.4) is 0 Å². The summed E-state index contributed by atoms with van der Waals surface area (Å²) in [4.78, 5) is 3.84. The third-order valence-corrected chi connectivity index (χ3v) is 1.99. The van der Waals surface area contributed by atoms with E-state index >= 15 is 0 Å². The van der Waals surface area contributed by atoms with Gasteiger partial charge in [-0.05, 0) is 24.5 Å². The molecule has 1 heterocycles. The van der Waals surface area contributed by atoms with Crippen LogP contribution in [0.5, 0.6) is 0 Å². The summed E-state index contributed by atoms with van der Waals surface area (Å²) in [6.45, 7) is 5.80. The van der Waals surface area contributed by atoms with E-state index in [1.807, 2.05) is 13.8 Å². The van der Waals surface area contributed by atoms with Gasteiger partial charge >= 0.3 is 0 Å². The van der Waals surface area contributed by atoms with Crippen LogP contribution in [0.1, 0.15) is 43.1 Å². The van der Waals surface area contributed by atoms with E-state index in [1.165, 1.54) is 6.07 Å². The summed E-state index contributed by atoms with van der Waals surface area (Å²) in [5.74, 6) is 0.333. The number of aryl methyl sites for hydroxylation is 1. The first-order valence-corrected chi connectivity index (χ1v) is 4.28. The summed E-state index contributed by atoms with van der Waals surface area (Å²) in [7, 11) is 0. The number of halogens is 2. The summed E-state index contributed by atoms with van der Waals surface area (Å²) >= 11 is 0. The zero-order valence-electron chi connectivity index (χ0n) is 8.01. The molecule has 0 atom stereocenters. The minimum absolute atomic E-state index is 0.137. The van der Waals surface area contributed by atoms with E-state index in [9.17, 15) is 8.78 Å². The molecule has 0 fully saturated rings. The van der Waals surface area contributed by atoms with Gasteiger partial charge in [-0.2, -0.15) is 0 Å². The fourth-order valence-electron chi connectivity index (χ4n) is 1.32. The summed E-state index contributed by atoms with van der Waals surface area (Å²) in [5, 5.41) is 0. The molecule has 0 saturated heterocycles. The van der Waals surface area contributed by atoms with Crippen molar-refractivity contribution in [3.8, 4) is 0 Å². The predicted octanol–water partition coefficient (Wildman–Crippen LogP) is 3.45. The molecular weight excluding hydrogens is 172 g/mol. The van der Waals surface area contributed by atoms with Crippen molar-refractivity contribution in [1.29, 1.82) is 0 Å². The van der Waals surface area contributed by atoms with Crippen molar-refractivity contribution in [1.82, 2.24) is 4.98 Å². The van der Waals surface area contributed by atoms with Gasteiger partial charge in [-0.25, -0.2) is 8.78 Å². The quantitative estimate of drug-likeness (QED) is 0.687. The van der Waals surface area contributed by atoms with E-state index in [-0.39, 0.29) is 5.69 Å². The fourth-order valence-corrected chi connectivity index (χ4v) is 1.32.